The van der Waals surface area contributed by atoms with Gasteiger partial charge in [0, 0.05) is 6.08 Å². The van der Waals surface area contributed by atoms with Crippen molar-refractivity contribution < 1.29 is 18.7 Å². The molecule has 0 atom stereocenters. The highest BCUT2D eigenvalue weighted by Gasteiger charge is 2.32. The average Bonchev–Trinajstić information content (AvgIpc) is 3.18. The number of hydrogen-bond acceptors (Lipinski definition) is 5. The number of nitrogens with one attached hydrogen (secondary N) is 1. The van der Waals surface area contributed by atoms with Gasteiger partial charge >= 0.3 is 5.97 Å². The minimum atomic E-state index is -0.374. The third-order valence-electron chi connectivity index (χ3n) is 3.71. The molecule has 126 valence electrons. The third kappa shape index (κ3) is 3.76. The minimum Gasteiger partial charge on any atom is -0.462 e. The van der Waals surface area contributed by atoms with Gasteiger partial charge in [0.2, 0.25) is 5.91 Å². The zero-order valence-corrected chi connectivity index (χ0v) is 14.4. The lowest BCUT2D eigenvalue weighted by Crippen LogP contribution is -2.13. The second-order valence-electron chi connectivity index (χ2n) is 5.66. The summed E-state index contributed by atoms with van der Waals surface area (Å²) in [6.45, 7) is 3.92. The van der Waals surface area contributed by atoms with Crippen molar-refractivity contribution in [3.8, 4) is 0 Å². The van der Waals surface area contributed by atoms with Crippen LogP contribution in [0.2, 0.25) is 0 Å². The molecule has 0 bridgehead atoms. The Morgan fingerprint density at radius 1 is 1.42 bits per heavy atom. The number of aryl methyl sites for hydroxylation is 1. The van der Waals surface area contributed by atoms with Gasteiger partial charge in [0.15, 0.2) is 0 Å². The minimum absolute atomic E-state index is 0.307. The molecule has 1 saturated carbocycles. The van der Waals surface area contributed by atoms with Crippen molar-refractivity contribution in [1.82, 2.24) is 0 Å². The molecule has 6 heteroatoms. The van der Waals surface area contributed by atoms with Crippen molar-refractivity contribution in [3.05, 3.63) is 46.2 Å². The van der Waals surface area contributed by atoms with Gasteiger partial charge in [-0.2, -0.15) is 0 Å². The van der Waals surface area contributed by atoms with Crippen LogP contribution in [0.15, 0.2) is 28.0 Å². The summed E-state index contributed by atoms with van der Waals surface area (Å²) in [6, 6.07) is 3.62. The van der Waals surface area contributed by atoms with Crippen molar-refractivity contribution in [3.63, 3.8) is 0 Å². The van der Waals surface area contributed by atoms with Crippen LogP contribution in [0.5, 0.6) is 0 Å². The lowest BCUT2D eigenvalue weighted by molar-refractivity contribution is -0.111. The molecule has 24 heavy (non-hydrogen) atoms. The highest BCUT2D eigenvalue weighted by Crippen LogP contribution is 2.46. The molecule has 1 N–H and O–H groups in total. The van der Waals surface area contributed by atoms with E-state index in [4.69, 9.17) is 9.15 Å². The van der Waals surface area contributed by atoms with Crippen LogP contribution in [-0.4, -0.2) is 18.5 Å². The van der Waals surface area contributed by atoms with Crippen LogP contribution >= 0.6 is 11.3 Å². The summed E-state index contributed by atoms with van der Waals surface area (Å²) in [5, 5.41) is 5.27. The maximum absolute atomic E-state index is 12.2. The molecule has 0 saturated heterocycles. The zero-order valence-electron chi connectivity index (χ0n) is 13.6. The van der Waals surface area contributed by atoms with E-state index in [1.54, 1.807) is 19.1 Å². The first-order valence-electron chi connectivity index (χ1n) is 7.92. The Balaban J connectivity index is 1.75. The summed E-state index contributed by atoms with van der Waals surface area (Å²) in [5.74, 6) is 1.12. The SMILES string of the molecule is CCOC(=O)c1c(C2CC2)csc1NC(=O)/C=C/c1ccc(C)o1. The van der Waals surface area contributed by atoms with Crippen LogP contribution in [0.3, 0.4) is 0 Å². The number of carbonyl (C=O) groups is 2. The van der Waals surface area contributed by atoms with Crippen molar-refractivity contribution in [1.29, 1.82) is 0 Å². The van der Waals surface area contributed by atoms with Gasteiger partial charge in [0.05, 0.1) is 12.2 Å². The molecule has 2 heterocycles. The van der Waals surface area contributed by atoms with Crippen LogP contribution in [0, 0.1) is 6.92 Å². The van der Waals surface area contributed by atoms with Crippen LogP contribution in [0.4, 0.5) is 5.00 Å². The lowest BCUT2D eigenvalue weighted by atomic mass is 10.1. The summed E-state index contributed by atoms with van der Waals surface area (Å²) >= 11 is 1.36. The van der Waals surface area contributed by atoms with Crippen molar-refractivity contribution >= 4 is 34.3 Å². The van der Waals surface area contributed by atoms with Gasteiger partial charge < -0.3 is 14.5 Å². The predicted octanol–water partition coefficient (Wildman–Crippen LogP) is 4.36. The Kier molecular flexibility index (Phi) is 4.85. The summed E-state index contributed by atoms with van der Waals surface area (Å²) < 4.78 is 10.5. The number of carbonyl (C=O) groups excluding carboxylic acids is 2. The van der Waals surface area contributed by atoms with Crippen LogP contribution in [-0.2, 0) is 9.53 Å². The fraction of sp³-hybridized carbons (Fsp3) is 0.333. The summed E-state index contributed by atoms with van der Waals surface area (Å²) in [5.41, 5.74) is 1.49. The smallest absolute Gasteiger partial charge is 0.341 e. The van der Waals surface area contributed by atoms with Gasteiger partial charge in [-0.05, 0) is 61.8 Å². The first-order chi connectivity index (χ1) is 11.6. The number of esters is 1. The maximum Gasteiger partial charge on any atom is 0.341 e. The normalized spacial score (nSPS) is 14.1. The molecule has 0 aliphatic heterocycles. The Labute approximate surface area is 144 Å². The molecule has 2 aromatic heterocycles. The van der Waals surface area contributed by atoms with Crippen LogP contribution < -0.4 is 5.32 Å². The second kappa shape index (κ2) is 7.05. The number of amides is 1. The van der Waals surface area contributed by atoms with E-state index in [0.29, 0.717) is 28.8 Å². The number of hydrogen-bond donors (Lipinski definition) is 1. The molecule has 0 radical (unpaired) electrons. The molecule has 0 unspecified atom stereocenters. The van der Waals surface area contributed by atoms with Crippen molar-refractivity contribution in [2.45, 2.75) is 32.6 Å². The molecule has 3 rings (SSSR count). The van der Waals surface area contributed by atoms with Gasteiger partial charge in [-0.1, -0.05) is 0 Å². The number of ether oxygens (including phenoxy) is 1. The molecule has 0 aromatic carbocycles. The van der Waals surface area contributed by atoms with E-state index in [9.17, 15) is 9.59 Å². The Morgan fingerprint density at radius 3 is 2.83 bits per heavy atom. The Hall–Kier alpha value is -2.34. The topological polar surface area (TPSA) is 68.5 Å². The first kappa shape index (κ1) is 16.5. The summed E-state index contributed by atoms with van der Waals surface area (Å²) in [4.78, 5) is 24.4. The first-order valence-corrected chi connectivity index (χ1v) is 8.80. The maximum atomic E-state index is 12.2. The molecule has 1 amide bonds. The number of thiophene rings is 1. The van der Waals surface area contributed by atoms with Crippen LogP contribution in [0.1, 0.15) is 53.1 Å². The third-order valence-corrected chi connectivity index (χ3v) is 4.63. The molecule has 0 spiro atoms. The van der Waals surface area contributed by atoms with Gasteiger partial charge in [-0.25, -0.2) is 4.79 Å². The molecular formula is C18H19NO4S. The summed E-state index contributed by atoms with van der Waals surface area (Å²) in [7, 11) is 0. The monoisotopic (exact) mass is 345 g/mol. The number of rotatable bonds is 6. The molecular weight excluding hydrogens is 326 g/mol. The van der Waals surface area contributed by atoms with Gasteiger partial charge in [0.1, 0.15) is 16.5 Å². The molecule has 1 fully saturated rings. The molecule has 1 aliphatic rings. The summed E-state index contributed by atoms with van der Waals surface area (Å²) in [6.07, 6.45) is 5.15. The average molecular weight is 345 g/mol. The second-order valence-corrected chi connectivity index (χ2v) is 6.54. The van der Waals surface area contributed by atoms with E-state index in [2.05, 4.69) is 5.32 Å². The molecule has 1 aliphatic carbocycles. The number of furan rings is 1. The molecule has 2 aromatic rings. The van der Waals surface area contributed by atoms with E-state index in [1.807, 2.05) is 18.4 Å². The fourth-order valence-electron chi connectivity index (χ4n) is 2.43. The van der Waals surface area contributed by atoms with E-state index in [1.165, 1.54) is 17.4 Å². The highest BCUT2D eigenvalue weighted by molar-refractivity contribution is 7.15. The predicted molar refractivity (Wildman–Crippen MR) is 93.4 cm³/mol. The van der Waals surface area contributed by atoms with Crippen molar-refractivity contribution in [2.24, 2.45) is 0 Å². The highest BCUT2D eigenvalue weighted by atomic mass is 32.1. The standard InChI is InChI=1S/C18H19NO4S/c1-3-22-18(21)16-14(12-5-6-12)10-24-17(16)19-15(20)9-8-13-7-4-11(2)23-13/h4,7-10,12H,3,5-6H2,1-2H3,(H,19,20)/b9-8+. The van der Waals surface area contributed by atoms with Crippen LogP contribution in [0.25, 0.3) is 6.08 Å². The van der Waals surface area contributed by atoms with E-state index in [0.717, 1.165) is 24.2 Å². The Bertz CT molecular complexity index is 783. The fourth-order valence-corrected chi connectivity index (χ4v) is 3.46. The molecule has 5 nitrogen and oxygen atoms in total. The quantitative estimate of drug-likeness (QED) is 0.624. The largest absolute Gasteiger partial charge is 0.462 e. The van der Waals surface area contributed by atoms with Crippen molar-refractivity contribution in [2.75, 3.05) is 11.9 Å². The zero-order chi connectivity index (χ0) is 17.1. The lowest BCUT2D eigenvalue weighted by Gasteiger charge is -2.06. The van der Waals surface area contributed by atoms with Gasteiger partial charge in [-0.15, -0.1) is 11.3 Å². The Morgan fingerprint density at radius 2 is 2.21 bits per heavy atom. The number of anilines is 1. The van der Waals surface area contributed by atoms with E-state index in [-0.39, 0.29) is 11.9 Å². The van der Waals surface area contributed by atoms with E-state index >= 15 is 0 Å². The van der Waals surface area contributed by atoms with Gasteiger partial charge in [0.25, 0.3) is 0 Å². The van der Waals surface area contributed by atoms with E-state index < -0.39 is 0 Å². The van der Waals surface area contributed by atoms with Gasteiger partial charge in [-0.3, -0.25) is 4.79 Å².